The van der Waals surface area contributed by atoms with Gasteiger partial charge in [-0.25, -0.2) is 0 Å². The van der Waals surface area contributed by atoms with Crippen LogP contribution in [0.3, 0.4) is 0 Å². The third-order valence-electron chi connectivity index (χ3n) is 2.01. The highest BCUT2D eigenvalue weighted by Crippen LogP contribution is 2.23. The normalized spacial score (nSPS) is 11.4. The second kappa shape index (κ2) is 6.19. The van der Waals surface area contributed by atoms with Gasteiger partial charge in [0.25, 0.3) is 0 Å². The van der Waals surface area contributed by atoms with Crippen LogP contribution in [0.25, 0.3) is 0 Å². The molecule has 0 unspecified atom stereocenters. The van der Waals surface area contributed by atoms with Crippen molar-refractivity contribution in [1.29, 1.82) is 0 Å². The average Bonchev–Trinajstić information content (AvgIpc) is 2.21. The minimum Gasteiger partial charge on any atom is -0.324 e. The SMILES string of the molecule is Cc1ccc(Br)c(NC(=O)CNCC(F)(F)F)c1. The number of amides is 1. The topological polar surface area (TPSA) is 41.1 Å². The first-order valence-corrected chi connectivity index (χ1v) is 5.91. The lowest BCUT2D eigenvalue weighted by molar-refractivity contribution is -0.126. The molecule has 0 radical (unpaired) electrons. The number of anilines is 1. The zero-order chi connectivity index (χ0) is 13.8. The van der Waals surface area contributed by atoms with Gasteiger partial charge in [-0.05, 0) is 40.5 Å². The molecule has 0 fully saturated rings. The number of benzene rings is 1. The Balaban J connectivity index is 2.47. The molecule has 7 heteroatoms. The molecule has 0 atom stereocenters. The summed E-state index contributed by atoms with van der Waals surface area (Å²) in [5.41, 5.74) is 1.48. The van der Waals surface area contributed by atoms with E-state index in [-0.39, 0.29) is 6.54 Å². The van der Waals surface area contributed by atoms with Gasteiger partial charge in [-0.2, -0.15) is 13.2 Å². The molecule has 0 bridgehead atoms. The summed E-state index contributed by atoms with van der Waals surface area (Å²) < 4.78 is 36.2. The molecule has 2 N–H and O–H groups in total. The third kappa shape index (κ3) is 5.50. The van der Waals surface area contributed by atoms with E-state index in [0.29, 0.717) is 10.2 Å². The highest BCUT2D eigenvalue weighted by Gasteiger charge is 2.26. The molecule has 3 nitrogen and oxygen atoms in total. The van der Waals surface area contributed by atoms with E-state index in [1.165, 1.54) is 0 Å². The lowest BCUT2D eigenvalue weighted by atomic mass is 10.2. The molecule has 0 aliphatic heterocycles. The van der Waals surface area contributed by atoms with Crippen LogP contribution < -0.4 is 10.6 Å². The van der Waals surface area contributed by atoms with Gasteiger partial charge >= 0.3 is 6.18 Å². The fourth-order valence-electron chi connectivity index (χ4n) is 1.25. The van der Waals surface area contributed by atoms with Crippen molar-refractivity contribution >= 4 is 27.5 Å². The van der Waals surface area contributed by atoms with Crippen molar-refractivity contribution in [3.63, 3.8) is 0 Å². The van der Waals surface area contributed by atoms with E-state index in [4.69, 9.17) is 0 Å². The maximum Gasteiger partial charge on any atom is 0.401 e. The van der Waals surface area contributed by atoms with Gasteiger partial charge in [0.05, 0.1) is 18.8 Å². The van der Waals surface area contributed by atoms with E-state index >= 15 is 0 Å². The van der Waals surface area contributed by atoms with Gasteiger partial charge in [0.15, 0.2) is 0 Å². The summed E-state index contributed by atoms with van der Waals surface area (Å²) in [6.07, 6.45) is -4.32. The number of hydrogen-bond donors (Lipinski definition) is 2. The standard InChI is InChI=1S/C11H12BrF3N2O/c1-7-2-3-8(12)9(4-7)17-10(18)5-16-6-11(13,14)15/h2-4,16H,5-6H2,1H3,(H,17,18). The van der Waals surface area contributed by atoms with Crippen LogP contribution in [0.2, 0.25) is 0 Å². The first-order valence-electron chi connectivity index (χ1n) is 5.11. The zero-order valence-corrected chi connectivity index (χ0v) is 11.2. The van der Waals surface area contributed by atoms with Crippen molar-refractivity contribution in [3.05, 3.63) is 28.2 Å². The van der Waals surface area contributed by atoms with Gasteiger partial charge in [0, 0.05) is 4.47 Å². The van der Waals surface area contributed by atoms with Crippen molar-refractivity contribution in [2.75, 3.05) is 18.4 Å². The van der Waals surface area contributed by atoms with E-state index in [1.54, 1.807) is 12.1 Å². The largest absolute Gasteiger partial charge is 0.401 e. The summed E-state index contributed by atoms with van der Waals surface area (Å²) in [5.74, 6) is -0.523. The summed E-state index contributed by atoms with van der Waals surface area (Å²) >= 11 is 3.24. The monoisotopic (exact) mass is 324 g/mol. The van der Waals surface area contributed by atoms with Crippen LogP contribution in [0.4, 0.5) is 18.9 Å². The van der Waals surface area contributed by atoms with Gasteiger partial charge in [-0.15, -0.1) is 0 Å². The van der Waals surface area contributed by atoms with Gasteiger partial charge in [0.2, 0.25) is 5.91 Å². The second-order valence-corrected chi connectivity index (χ2v) is 4.60. The Morgan fingerprint density at radius 2 is 2.06 bits per heavy atom. The van der Waals surface area contributed by atoms with Crippen molar-refractivity contribution in [3.8, 4) is 0 Å². The third-order valence-corrected chi connectivity index (χ3v) is 2.70. The number of alkyl halides is 3. The minimum absolute atomic E-state index is 0.389. The van der Waals surface area contributed by atoms with Crippen LogP contribution >= 0.6 is 15.9 Å². The summed E-state index contributed by atoms with van der Waals surface area (Å²) in [6.45, 7) is 0.277. The van der Waals surface area contributed by atoms with Crippen LogP contribution in [-0.4, -0.2) is 25.2 Å². The lowest BCUT2D eigenvalue weighted by Gasteiger charge is -2.10. The average molecular weight is 325 g/mol. The van der Waals surface area contributed by atoms with E-state index < -0.39 is 18.6 Å². The van der Waals surface area contributed by atoms with Crippen molar-refractivity contribution in [2.24, 2.45) is 0 Å². The number of rotatable bonds is 4. The van der Waals surface area contributed by atoms with E-state index in [1.807, 2.05) is 18.3 Å². The smallest absolute Gasteiger partial charge is 0.324 e. The Labute approximate surface area is 111 Å². The molecule has 1 aromatic rings. The molecule has 0 saturated carbocycles. The van der Waals surface area contributed by atoms with Crippen LogP contribution in [0.15, 0.2) is 22.7 Å². The summed E-state index contributed by atoms with van der Waals surface area (Å²) in [6, 6.07) is 5.33. The quantitative estimate of drug-likeness (QED) is 0.894. The molecule has 18 heavy (non-hydrogen) atoms. The predicted molar refractivity (Wildman–Crippen MR) is 66.4 cm³/mol. The van der Waals surface area contributed by atoms with Crippen molar-refractivity contribution in [1.82, 2.24) is 5.32 Å². The molecule has 0 aromatic heterocycles. The number of carbonyl (C=O) groups excluding carboxylic acids is 1. The van der Waals surface area contributed by atoms with Crippen LogP contribution in [-0.2, 0) is 4.79 Å². The maximum atomic E-state index is 11.8. The molecule has 0 spiro atoms. The molecule has 0 saturated heterocycles. The summed E-state index contributed by atoms with van der Waals surface area (Å²) in [7, 11) is 0. The molecule has 1 rings (SSSR count). The number of carbonyl (C=O) groups is 1. The Hall–Kier alpha value is -1.08. The Bertz CT molecular complexity index is 435. The van der Waals surface area contributed by atoms with Crippen molar-refractivity contribution in [2.45, 2.75) is 13.1 Å². The van der Waals surface area contributed by atoms with Crippen LogP contribution in [0.1, 0.15) is 5.56 Å². The first-order chi connectivity index (χ1) is 8.28. The molecule has 1 aromatic carbocycles. The van der Waals surface area contributed by atoms with Gasteiger partial charge in [-0.3, -0.25) is 4.79 Å². The molecule has 0 heterocycles. The van der Waals surface area contributed by atoms with E-state index in [2.05, 4.69) is 21.2 Å². The fourth-order valence-corrected chi connectivity index (χ4v) is 1.59. The minimum atomic E-state index is -4.32. The zero-order valence-electron chi connectivity index (χ0n) is 9.57. The van der Waals surface area contributed by atoms with Crippen LogP contribution in [0.5, 0.6) is 0 Å². The number of aryl methyl sites for hydroxylation is 1. The number of halogens is 4. The highest BCUT2D eigenvalue weighted by molar-refractivity contribution is 9.10. The molecule has 0 aliphatic carbocycles. The van der Waals surface area contributed by atoms with Gasteiger partial charge in [0.1, 0.15) is 0 Å². The van der Waals surface area contributed by atoms with Crippen LogP contribution in [0, 0.1) is 6.92 Å². The highest BCUT2D eigenvalue weighted by atomic mass is 79.9. The Morgan fingerprint density at radius 1 is 1.39 bits per heavy atom. The lowest BCUT2D eigenvalue weighted by Crippen LogP contribution is -2.35. The molecule has 1 amide bonds. The molecule has 100 valence electrons. The molecular formula is C11H12BrF3N2O. The van der Waals surface area contributed by atoms with Crippen molar-refractivity contribution < 1.29 is 18.0 Å². The number of hydrogen-bond acceptors (Lipinski definition) is 2. The predicted octanol–water partition coefficient (Wildman–Crippen LogP) is 2.85. The van der Waals surface area contributed by atoms with Gasteiger partial charge in [-0.1, -0.05) is 6.07 Å². The van der Waals surface area contributed by atoms with E-state index in [0.717, 1.165) is 5.56 Å². The Morgan fingerprint density at radius 3 is 2.67 bits per heavy atom. The fraction of sp³-hybridized carbons (Fsp3) is 0.364. The molecule has 0 aliphatic rings. The summed E-state index contributed by atoms with van der Waals surface area (Å²) in [5, 5.41) is 4.55. The first kappa shape index (κ1) is 15.0. The second-order valence-electron chi connectivity index (χ2n) is 3.75. The number of nitrogens with one attached hydrogen (secondary N) is 2. The van der Waals surface area contributed by atoms with Gasteiger partial charge < -0.3 is 10.6 Å². The van der Waals surface area contributed by atoms with E-state index in [9.17, 15) is 18.0 Å². The summed E-state index contributed by atoms with van der Waals surface area (Å²) in [4.78, 5) is 11.4. The Kier molecular flexibility index (Phi) is 5.15. The maximum absolute atomic E-state index is 11.8. The molecular weight excluding hydrogens is 313 g/mol.